The summed E-state index contributed by atoms with van der Waals surface area (Å²) < 4.78 is 6.28. The van der Waals surface area contributed by atoms with Crippen LogP contribution in [0.1, 0.15) is 33.6 Å². The normalized spacial score (nSPS) is 22.7. The van der Waals surface area contributed by atoms with Gasteiger partial charge in [-0.3, -0.25) is 4.90 Å². The van der Waals surface area contributed by atoms with E-state index < -0.39 is 8.32 Å². The first-order valence-electron chi connectivity index (χ1n) is 6.59. The van der Waals surface area contributed by atoms with Crippen LogP contribution in [0.15, 0.2) is 0 Å². The third kappa shape index (κ3) is 3.84. The molecule has 0 radical (unpaired) electrons. The van der Waals surface area contributed by atoms with Crippen LogP contribution in [0.5, 0.6) is 0 Å². The average molecular weight is 253 g/mol. The highest BCUT2D eigenvalue weighted by Crippen LogP contribution is 2.37. The summed E-state index contributed by atoms with van der Waals surface area (Å²) in [6.45, 7) is 14.2. The predicted molar refractivity (Wildman–Crippen MR) is 76.6 cm³/mol. The monoisotopic (exact) mass is 253 g/mol. The van der Waals surface area contributed by atoms with E-state index >= 15 is 0 Å². The average Bonchev–Trinajstić information content (AvgIpc) is 2.61. The molecule has 0 spiro atoms. The Balaban J connectivity index is 2.48. The molecule has 1 aliphatic heterocycles. The lowest BCUT2D eigenvalue weighted by atomic mass is 10.2. The summed E-state index contributed by atoms with van der Waals surface area (Å²) in [4.78, 5) is 2.38. The van der Waals surface area contributed by atoms with E-state index in [2.05, 4.69) is 44.7 Å². The number of likely N-dealkylation sites (tertiary alicyclic amines) is 1. The number of terminal acetylenes is 1. The van der Waals surface area contributed by atoms with Crippen LogP contribution in [-0.2, 0) is 4.43 Å². The summed E-state index contributed by atoms with van der Waals surface area (Å²) in [5.41, 5.74) is 0. The zero-order valence-electron chi connectivity index (χ0n) is 12.0. The van der Waals surface area contributed by atoms with Crippen molar-refractivity contribution in [3.63, 3.8) is 0 Å². The van der Waals surface area contributed by atoms with Crippen LogP contribution in [0.25, 0.3) is 0 Å². The smallest absolute Gasteiger partial charge is 0.192 e. The molecule has 0 amide bonds. The van der Waals surface area contributed by atoms with E-state index in [-0.39, 0.29) is 0 Å². The lowest BCUT2D eigenvalue weighted by molar-refractivity contribution is 0.175. The molecule has 17 heavy (non-hydrogen) atoms. The Morgan fingerprint density at radius 2 is 2.06 bits per heavy atom. The lowest BCUT2D eigenvalue weighted by Crippen LogP contribution is -2.44. The molecule has 0 N–H and O–H groups in total. The largest absolute Gasteiger partial charge is 0.415 e. The minimum absolute atomic E-state index is 0.294. The number of rotatable bonds is 4. The van der Waals surface area contributed by atoms with Gasteiger partial charge in [-0.05, 0) is 37.5 Å². The molecule has 0 saturated carbocycles. The Morgan fingerprint density at radius 3 is 2.59 bits per heavy atom. The standard InChI is InChI=1S/C14H27NOSi/c1-7-10-15-11-8-9-13(15)12-16-17(5,6)14(2,3)4/h1,13H,8-12H2,2-6H3. The quantitative estimate of drug-likeness (QED) is 0.564. The fraction of sp³-hybridized carbons (Fsp3) is 0.857. The first-order valence-corrected chi connectivity index (χ1v) is 9.50. The van der Waals surface area contributed by atoms with E-state index in [1.807, 2.05) is 0 Å². The molecular weight excluding hydrogens is 226 g/mol. The zero-order chi connectivity index (χ0) is 13.1. The minimum atomic E-state index is -1.60. The molecule has 0 aromatic carbocycles. The molecule has 1 rings (SSSR count). The van der Waals surface area contributed by atoms with E-state index in [1.165, 1.54) is 12.8 Å². The van der Waals surface area contributed by atoms with Crippen molar-refractivity contribution in [1.82, 2.24) is 4.90 Å². The maximum atomic E-state index is 6.28. The van der Waals surface area contributed by atoms with Crippen LogP contribution < -0.4 is 0 Å². The maximum absolute atomic E-state index is 6.28. The van der Waals surface area contributed by atoms with E-state index in [0.717, 1.165) is 19.7 Å². The van der Waals surface area contributed by atoms with Crippen molar-refractivity contribution in [3.8, 4) is 12.3 Å². The van der Waals surface area contributed by atoms with Crippen LogP contribution in [0, 0.1) is 12.3 Å². The van der Waals surface area contributed by atoms with Crippen LogP contribution in [-0.4, -0.2) is 39.0 Å². The molecule has 1 fully saturated rings. The van der Waals surface area contributed by atoms with Crippen LogP contribution in [0.3, 0.4) is 0 Å². The van der Waals surface area contributed by atoms with E-state index in [4.69, 9.17) is 10.8 Å². The van der Waals surface area contributed by atoms with Crippen LogP contribution in [0.2, 0.25) is 18.1 Å². The van der Waals surface area contributed by atoms with Crippen molar-refractivity contribution < 1.29 is 4.43 Å². The van der Waals surface area contributed by atoms with Gasteiger partial charge in [-0.2, -0.15) is 0 Å². The second-order valence-electron chi connectivity index (χ2n) is 6.54. The third-order valence-electron chi connectivity index (χ3n) is 4.24. The van der Waals surface area contributed by atoms with Gasteiger partial charge in [-0.15, -0.1) is 6.42 Å². The molecule has 0 aromatic heterocycles. The van der Waals surface area contributed by atoms with Crippen molar-refractivity contribution in [2.24, 2.45) is 0 Å². The van der Waals surface area contributed by atoms with Crippen LogP contribution >= 0.6 is 0 Å². The van der Waals surface area contributed by atoms with E-state index in [9.17, 15) is 0 Å². The van der Waals surface area contributed by atoms with Crippen molar-refractivity contribution in [2.45, 2.75) is 57.8 Å². The van der Waals surface area contributed by atoms with Gasteiger partial charge in [0.1, 0.15) is 0 Å². The fourth-order valence-corrected chi connectivity index (χ4v) is 2.97. The summed E-state index contributed by atoms with van der Waals surface area (Å²) in [6.07, 6.45) is 7.89. The molecule has 0 aromatic rings. The zero-order valence-corrected chi connectivity index (χ0v) is 13.0. The van der Waals surface area contributed by atoms with E-state index in [0.29, 0.717) is 11.1 Å². The van der Waals surface area contributed by atoms with Gasteiger partial charge < -0.3 is 4.43 Å². The summed E-state index contributed by atoms with van der Waals surface area (Å²) in [5.74, 6) is 2.75. The van der Waals surface area contributed by atoms with E-state index in [1.54, 1.807) is 0 Å². The van der Waals surface area contributed by atoms with Gasteiger partial charge in [0.25, 0.3) is 0 Å². The highest BCUT2D eigenvalue weighted by Gasteiger charge is 2.38. The van der Waals surface area contributed by atoms with Gasteiger partial charge in [0.2, 0.25) is 0 Å². The fourth-order valence-electron chi connectivity index (χ4n) is 1.93. The Hall–Kier alpha value is -0.303. The summed E-state index contributed by atoms with van der Waals surface area (Å²) in [6, 6.07) is 0.542. The Labute approximate surface area is 108 Å². The Morgan fingerprint density at radius 1 is 1.41 bits per heavy atom. The molecule has 1 saturated heterocycles. The number of hydrogen-bond donors (Lipinski definition) is 0. The van der Waals surface area contributed by atoms with Gasteiger partial charge in [0, 0.05) is 12.6 Å². The molecule has 0 aliphatic carbocycles. The van der Waals surface area contributed by atoms with Crippen molar-refractivity contribution in [2.75, 3.05) is 19.7 Å². The number of hydrogen-bond acceptors (Lipinski definition) is 2. The summed E-state index contributed by atoms with van der Waals surface area (Å²) in [7, 11) is -1.60. The minimum Gasteiger partial charge on any atom is -0.415 e. The molecule has 1 aliphatic rings. The predicted octanol–water partition coefficient (Wildman–Crippen LogP) is 3.11. The molecule has 0 bridgehead atoms. The SMILES string of the molecule is C#CCN1CCCC1CO[Si](C)(C)C(C)(C)C. The first-order chi connectivity index (χ1) is 7.78. The van der Waals surface area contributed by atoms with Crippen molar-refractivity contribution in [3.05, 3.63) is 0 Å². The summed E-state index contributed by atoms with van der Waals surface area (Å²) in [5, 5.41) is 0.294. The van der Waals surface area contributed by atoms with Crippen molar-refractivity contribution >= 4 is 8.32 Å². The highest BCUT2D eigenvalue weighted by atomic mass is 28.4. The second-order valence-corrected chi connectivity index (χ2v) is 11.4. The first kappa shape index (κ1) is 14.8. The van der Waals surface area contributed by atoms with Gasteiger partial charge in [0.05, 0.1) is 6.54 Å². The maximum Gasteiger partial charge on any atom is 0.192 e. The highest BCUT2D eigenvalue weighted by molar-refractivity contribution is 6.74. The van der Waals surface area contributed by atoms with Crippen LogP contribution in [0.4, 0.5) is 0 Å². The molecule has 1 heterocycles. The molecule has 1 atom stereocenters. The molecule has 98 valence electrons. The lowest BCUT2D eigenvalue weighted by Gasteiger charge is -2.37. The van der Waals surface area contributed by atoms with Gasteiger partial charge in [-0.1, -0.05) is 26.7 Å². The topological polar surface area (TPSA) is 12.5 Å². The molecule has 1 unspecified atom stereocenters. The number of nitrogens with zero attached hydrogens (tertiary/aromatic N) is 1. The Bertz CT molecular complexity index is 288. The Kier molecular flexibility index (Phi) is 4.83. The molecule has 3 heteroatoms. The summed E-state index contributed by atoms with van der Waals surface area (Å²) >= 11 is 0. The second kappa shape index (κ2) is 5.56. The van der Waals surface area contributed by atoms with Crippen molar-refractivity contribution in [1.29, 1.82) is 0 Å². The van der Waals surface area contributed by atoms with Gasteiger partial charge in [-0.25, -0.2) is 0 Å². The van der Waals surface area contributed by atoms with Gasteiger partial charge in [0.15, 0.2) is 8.32 Å². The third-order valence-corrected chi connectivity index (χ3v) is 8.74. The molecular formula is C14H27NOSi. The van der Waals surface area contributed by atoms with Gasteiger partial charge >= 0.3 is 0 Å². The molecule has 2 nitrogen and oxygen atoms in total.